The molecule has 0 spiro atoms. The van der Waals surface area contributed by atoms with Crippen molar-refractivity contribution < 1.29 is 33.6 Å². The summed E-state index contributed by atoms with van der Waals surface area (Å²) in [5, 5.41) is 20.7. The molecule has 0 saturated heterocycles. The number of carbonyl (C=O) groups excluding carboxylic acids is 7. The van der Waals surface area contributed by atoms with E-state index in [4.69, 9.17) is 0 Å². The molecule has 4 aromatic rings. The van der Waals surface area contributed by atoms with Gasteiger partial charge in [0.15, 0.2) is 40.5 Å². The first-order valence-corrected chi connectivity index (χ1v) is 11.7. The van der Waals surface area contributed by atoms with Gasteiger partial charge in [-0.3, -0.25) is 33.6 Å². The number of rotatable bonds is 8. The van der Waals surface area contributed by atoms with Crippen LogP contribution in [0.5, 0.6) is 0 Å². The van der Waals surface area contributed by atoms with Crippen molar-refractivity contribution in [2.45, 2.75) is 13.1 Å². The highest BCUT2D eigenvalue weighted by molar-refractivity contribution is 6.37. The second-order valence-electron chi connectivity index (χ2n) is 9.12. The van der Waals surface area contributed by atoms with Gasteiger partial charge >= 0.3 is 0 Å². The van der Waals surface area contributed by atoms with Gasteiger partial charge in [0.25, 0.3) is 0 Å². The Labute approximate surface area is 222 Å². The van der Waals surface area contributed by atoms with Crippen molar-refractivity contribution in [2.75, 3.05) is 0 Å². The maximum Gasteiger partial charge on any atom is 0.193 e. The van der Waals surface area contributed by atoms with Crippen LogP contribution in [0.15, 0.2) is 49.1 Å². The minimum Gasteiger partial charge on any atom is -0.296 e. The largest absolute Gasteiger partial charge is 0.296 e. The predicted molar refractivity (Wildman–Crippen MR) is 126 cm³/mol. The Morgan fingerprint density at radius 3 is 1.38 bits per heavy atom. The lowest BCUT2D eigenvalue weighted by atomic mass is 9.96. The third-order valence-electron chi connectivity index (χ3n) is 6.74. The minimum atomic E-state index is -1.57. The zero-order valence-electron chi connectivity index (χ0n) is 20.1. The summed E-state index contributed by atoms with van der Waals surface area (Å²) in [7, 11) is 0. The van der Waals surface area contributed by atoms with E-state index in [-0.39, 0.29) is 46.5 Å². The number of ketones is 7. The van der Waals surface area contributed by atoms with E-state index >= 15 is 0 Å². The van der Waals surface area contributed by atoms with Gasteiger partial charge in [0.05, 0.1) is 0 Å². The van der Waals surface area contributed by atoms with Crippen molar-refractivity contribution in [2.24, 2.45) is 11.8 Å². The summed E-state index contributed by atoms with van der Waals surface area (Å²) < 4.78 is 2.18. The Kier molecular flexibility index (Phi) is 5.68. The lowest BCUT2D eigenvalue weighted by Gasteiger charge is -2.05. The molecule has 196 valence electrons. The molecule has 0 aliphatic heterocycles. The Bertz CT molecular complexity index is 1660. The van der Waals surface area contributed by atoms with E-state index in [0.29, 0.717) is 0 Å². The summed E-state index contributed by atoms with van der Waals surface area (Å²) in [5.74, 6) is -8.00. The first-order chi connectivity index (χ1) is 19.2. The maximum atomic E-state index is 13.3. The summed E-state index contributed by atoms with van der Waals surface area (Å²) in [6.07, 6.45) is 2.35. The Hall–Kier alpha value is -5.73. The van der Waals surface area contributed by atoms with Gasteiger partial charge in [-0.1, -0.05) is 12.1 Å². The van der Waals surface area contributed by atoms with Gasteiger partial charge in [-0.05, 0) is 45.1 Å². The van der Waals surface area contributed by atoms with Crippen LogP contribution in [-0.4, -0.2) is 80.9 Å². The summed E-state index contributed by atoms with van der Waals surface area (Å²) in [4.78, 5) is 90.2. The predicted octanol–water partition coefficient (Wildman–Crippen LogP) is -0.580. The molecule has 15 nitrogen and oxygen atoms in total. The number of hydrogen-bond donors (Lipinski definition) is 0. The van der Waals surface area contributed by atoms with Crippen molar-refractivity contribution in [3.8, 4) is 0 Å². The van der Waals surface area contributed by atoms with Crippen molar-refractivity contribution in [3.05, 3.63) is 82.4 Å². The van der Waals surface area contributed by atoms with Gasteiger partial charge in [-0.2, -0.15) is 0 Å². The van der Waals surface area contributed by atoms with Crippen LogP contribution >= 0.6 is 0 Å². The van der Waals surface area contributed by atoms with Crippen LogP contribution in [0.4, 0.5) is 0 Å². The number of carbonyl (C=O) groups is 7. The zero-order chi connectivity index (χ0) is 28.1. The third-order valence-corrected chi connectivity index (χ3v) is 6.74. The highest BCUT2D eigenvalue weighted by Crippen LogP contribution is 2.32. The molecule has 2 heterocycles. The lowest BCUT2D eigenvalue weighted by molar-refractivity contribution is -0.122. The molecular formula is C25H14N8O7. The normalized spacial score (nSPS) is 17.7. The Balaban J connectivity index is 1.24. The molecule has 0 N–H and O–H groups in total. The van der Waals surface area contributed by atoms with E-state index in [2.05, 4.69) is 31.1 Å². The van der Waals surface area contributed by atoms with E-state index in [1.165, 1.54) is 49.1 Å². The fourth-order valence-electron chi connectivity index (χ4n) is 4.83. The second kappa shape index (κ2) is 9.23. The molecule has 40 heavy (non-hydrogen) atoms. The Morgan fingerprint density at radius 2 is 1.00 bits per heavy atom. The molecule has 2 aromatic heterocycles. The van der Waals surface area contributed by atoms with E-state index in [9.17, 15) is 33.6 Å². The quantitative estimate of drug-likeness (QED) is 0.203. The Morgan fingerprint density at radius 1 is 0.600 bits per heavy atom. The molecule has 2 aliphatic rings. The highest BCUT2D eigenvalue weighted by Gasteiger charge is 2.45. The van der Waals surface area contributed by atoms with E-state index in [1.807, 2.05) is 0 Å². The smallest absolute Gasteiger partial charge is 0.193 e. The molecule has 15 heteroatoms. The van der Waals surface area contributed by atoms with Gasteiger partial charge in [-0.25, -0.2) is 9.36 Å². The molecule has 0 amide bonds. The van der Waals surface area contributed by atoms with Gasteiger partial charge in [0, 0.05) is 33.4 Å². The lowest BCUT2D eigenvalue weighted by Crippen LogP contribution is -2.29. The topological polar surface area (TPSA) is 207 Å². The monoisotopic (exact) mass is 538 g/mol. The average molecular weight is 538 g/mol. The van der Waals surface area contributed by atoms with E-state index < -0.39 is 52.3 Å². The minimum absolute atomic E-state index is 0.00952. The molecule has 2 aliphatic carbocycles. The van der Waals surface area contributed by atoms with Crippen molar-refractivity contribution in [1.29, 1.82) is 0 Å². The first-order valence-electron chi connectivity index (χ1n) is 11.7. The number of Topliss-reactive ketones (excluding diaryl/α,β-unsaturated/α-hetero) is 6. The van der Waals surface area contributed by atoms with Crippen LogP contribution in [-0.2, 0) is 22.7 Å². The second-order valence-corrected chi connectivity index (χ2v) is 9.12. The van der Waals surface area contributed by atoms with Crippen LogP contribution in [0.1, 0.15) is 57.4 Å². The molecular weight excluding hydrogens is 524 g/mol. The fraction of sp³-hybridized carbons (Fsp3) is 0.160. The van der Waals surface area contributed by atoms with Gasteiger partial charge in [0.1, 0.15) is 37.6 Å². The number of tetrazole rings is 2. The fourth-order valence-corrected chi connectivity index (χ4v) is 4.83. The zero-order valence-corrected chi connectivity index (χ0v) is 20.1. The number of hydrogen-bond acceptors (Lipinski definition) is 13. The van der Waals surface area contributed by atoms with Crippen LogP contribution in [0.3, 0.4) is 0 Å². The standard InChI is InChI=1S/C25H14N8O7/c34-17(7-32-9-26-28-30-32)19-22(37)13-3-1-11(5-15(13)24(19)39)21(36)12-2-4-14-16(6-12)25(40)20(23(14)38)18(35)8-33-10-27-29-31-33/h1-6,9-10,19-20H,7-8H2. The number of fused-ring (bicyclic) bond motifs is 2. The summed E-state index contributed by atoms with van der Waals surface area (Å²) in [6.45, 7) is -0.758. The summed E-state index contributed by atoms with van der Waals surface area (Å²) in [6, 6.07) is 7.70. The number of aromatic nitrogens is 8. The number of nitrogens with zero attached hydrogens (tertiary/aromatic N) is 8. The molecule has 0 fully saturated rings. The third kappa shape index (κ3) is 3.87. The number of benzene rings is 2. The maximum absolute atomic E-state index is 13.3. The van der Waals surface area contributed by atoms with Gasteiger partial charge < -0.3 is 0 Å². The van der Waals surface area contributed by atoms with Crippen LogP contribution in [0.2, 0.25) is 0 Å². The van der Waals surface area contributed by atoms with Crippen molar-refractivity contribution in [1.82, 2.24) is 40.4 Å². The average Bonchev–Trinajstić information content (AvgIpc) is 3.73. The molecule has 0 saturated carbocycles. The first kappa shape index (κ1) is 24.6. The van der Waals surface area contributed by atoms with Crippen LogP contribution < -0.4 is 0 Å². The van der Waals surface area contributed by atoms with Crippen LogP contribution in [0.25, 0.3) is 0 Å². The van der Waals surface area contributed by atoms with Gasteiger partial charge in [0.2, 0.25) is 0 Å². The van der Waals surface area contributed by atoms with Crippen molar-refractivity contribution >= 4 is 40.5 Å². The summed E-state index contributed by atoms with van der Waals surface area (Å²) in [5.41, 5.74) is -0.0863. The van der Waals surface area contributed by atoms with Gasteiger partial charge in [-0.15, -0.1) is 10.2 Å². The van der Waals surface area contributed by atoms with Crippen LogP contribution in [0, 0.1) is 11.8 Å². The van der Waals surface area contributed by atoms with E-state index in [1.54, 1.807) is 0 Å². The summed E-state index contributed by atoms with van der Waals surface area (Å²) >= 11 is 0. The molecule has 0 bridgehead atoms. The molecule has 0 radical (unpaired) electrons. The molecule has 2 atom stereocenters. The highest BCUT2D eigenvalue weighted by atomic mass is 16.2. The van der Waals surface area contributed by atoms with Crippen molar-refractivity contribution in [3.63, 3.8) is 0 Å². The molecule has 6 rings (SSSR count). The molecule has 2 aromatic carbocycles. The SMILES string of the molecule is O=C(c1ccc2c(c1)C(=O)C(C(=O)Cn1cnnn1)C2=O)c1ccc2c(c1)C(=O)C(C(=O)Cn1cnnn1)C2=O. The van der Waals surface area contributed by atoms with E-state index in [0.717, 1.165) is 9.36 Å². The molecule has 2 unspecified atom stereocenters.